The van der Waals surface area contributed by atoms with Crippen molar-refractivity contribution in [2.45, 2.75) is 19.8 Å². The Balaban J connectivity index is 1.89. The Morgan fingerprint density at radius 1 is 1.52 bits per heavy atom. The second-order valence-corrected chi connectivity index (χ2v) is 5.76. The summed E-state index contributed by atoms with van der Waals surface area (Å²) in [6.45, 7) is 3.04. The fourth-order valence-corrected chi connectivity index (χ4v) is 2.32. The zero-order chi connectivity index (χ0) is 15.2. The lowest BCUT2D eigenvalue weighted by Crippen LogP contribution is -2.29. The van der Waals surface area contributed by atoms with Crippen molar-refractivity contribution in [3.8, 4) is 5.75 Å². The number of aliphatic hydroxyl groups is 1. The van der Waals surface area contributed by atoms with Crippen LogP contribution in [-0.2, 0) is 4.79 Å². The summed E-state index contributed by atoms with van der Waals surface area (Å²) in [5.74, 6) is 0.901. The van der Waals surface area contributed by atoms with Gasteiger partial charge in [-0.2, -0.15) is 0 Å². The monoisotopic (exact) mass is 309 g/mol. The van der Waals surface area contributed by atoms with Crippen LogP contribution in [0.3, 0.4) is 0 Å². The fourth-order valence-electron chi connectivity index (χ4n) is 2.14. The van der Waals surface area contributed by atoms with Crippen molar-refractivity contribution < 1.29 is 14.6 Å². The summed E-state index contributed by atoms with van der Waals surface area (Å²) in [6.07, 6.45) is 3.56. The molecule has 1 unspecified atom stereocenters. The number of nitrogens with one attached hydrogen (secondary N) is 1. The molecule has 114 valence electrons. The predicted octanol–water partition coefficient (Wildman–Crippen LogP) is 2.64. The number of aliphatic hydroxyl groups excluding tert-OH is 1. The maximum absolute atomic E-state index is 12.1. The van der Waals surface area contributed by atoms with Gasteiger partial charge in [0.05, 0.1) is 5.57 Å². The number of fused-ring (bicyclic) bond motifs is 1. The van der Waals surface area contributed by atoms with Gasteiger partial charge in [-0.1, -0.05) is 18.5 Å². The first kappa shape index (κ1) is 15.9. The van der Waals surface area contributed by atoms with E-state index in [1.807, 2.05) is 13.0 Å². The Labute approximate surface area is 129 Å². The standard InChI is InChI=1S/C16H20ClNO3/c1-11(9-19)3-2-6-18-16(20)13-7-12-8-14(17)4-5-15(12)21-10-13/h4-5,7-8,11,19H,2-3,6,9-10H2,1H3,(H,18,20). The van der Waals surface area contributed by atoms with E-state index in [0.29, 0.717) is 17.1 Å². The molecule has 0 spiro atoms. The Morgan fingerprint density at radius 3 is 3.10 bits per heavy atom. The first-order chi connectivity index (χ1) is 10.1. The molecular formula is C16H20ClNO3. The molecule has 4 nitrogen and oxygen atoms in total. The summed E-state index contributed by atoms with van der Waals surface area (Å²) in [7, 11) is 0. The van der Waals surface area contributed by atoms with E-state index in [1.165, 1.54) is 0 Å². The second kappa shape index (κ2) is 7.48. The third-order valence-electron chi connectivity index (χ3n) is 3.45. The molecule has 1 heterocycles. The van der Waals surface area contributed by atoms with Crippen molar-refractivity contribution in [2.75, 3.05) is 19.8 Å². The minimum Gasteiger partial charge on any atom is -0.488 e. The van der Waals surface area contributed by atoms with Gasteiger partial charge in [-0.05, 0) is 43.0 Å². The van der Waals surface area contributed by atoms with E-state index in [0.717, 1.165) is 24.2 Å². The van der Waals surface area contributed by atoms with E-state index in [1.54, 1.807) is 18.2 Å². The lowest BCUT2D eigenvalue weighted by Gasteiger charge is -2.18. The zero-order valence-corrected chi connectivity index (χ0v) is 12.8. The molecule has 21 heavy (non-hydrogen) atoms. The van der Waals surface area contributed by atoms with Gasteiger partial charge in [0.25, 0.3) is 5.91 Å². The lowest BCUT2D eigenvalue weighted by molar-refractivity contribution is -0.117. The third kappa shape index (κ3) is 4.48. The van der Waals surface area contributed by atoms with Crippen LogP contribution in [0.25, 0.3) is 6.08 Å². The van der Waals surface area contributed by atoms with Gasteiger partial charge in [-0.15, -0.1) is 0 Å². The van der Waals surface area contributed by atoms with Gasteiger partial charge in [0.15, 0.2) is 0 Å². The van der Waals surface area contributed by atoms with Gasteiger partial charge >= 0.3 is 0 Å². The van der Waals surface area contributed by atoms with Gasteiger partial charge in [0.1, 0.15) is 12.4 Å². The van der Waals surface area contributed by atoms with Crippen LogP contribution in [0.2, 0.25) is 5.02 Å². The normalized spacial score (nSPS) is 14.7. The highest BCUT2D eigenvalue weighted by atomic mass is 35.5. The quantitative estimate of drug-likeness (QED) is 0.794. The highest BCUT2D eigenvalue weighted by Crippen LogP contribution is 2.28. The molecule has 0 saturated heterocycles. The molecule has 1 aromatic carbocycles. The summed E-state index contributed by atoms with van der Waals surface area (Å²) in [4.78, 5) is 12.1. The molecule has 1 aromatic rings. The van der Waals surface area contributed by atoms with Crippen molar-refractivity contribution in [1.82, 2.24) is 5.32 Å². The van der Waals surface area contributed by atoms with Crippen molar-refractivity contribution in [2.24, 2.45) is 5.92 Å². The summed E-state index contributed by atoms with van der Waals surface area (Å²) < 4.78 is 5.55. The second-order valence-electron chi connectivity index (χ2n) is 5.33. The molecule has 0 radical (unpaired) electrons. The van der Waals surface area contributed by atoms with Gasteiger partial charge in [0.2, 0.25) is 0 Å². The first-order valence-corrected chi connectivity index (χ1v) is 7.50. The van der Waals surface area contributed by atoms with Crippen LogP contribution >= 0.6 is 11.6 Å². The van der Waals surface area contributed by atoms with Crippen LogP contribution in [0, 0.1) is 5.92 Å². The molecule has 1 amide bonds. The molecule has 2 rings (SSSR count). The molecule has 2 N–H and O–H groups in total. The molecule has 1 aliphatic heterocycles. The number of hydrogen-bond acceptors (Lipinski definition) is 3. The maximum atomic E-state index is 12.1. The number of ether oxygens (including phenoxy) is 1. The first-order valence-electron chi connectivity index (χ1n) is 7.12. The lowest BCUT2D eigenvalue weighted by atomic mass is 10.1. The molecular weight excluding hydrogens is 290 g/mol. The fraction of sp³-hybridized carbons (Fsp3) is 0.438. The van der Waals surface area contributed by atoms with E-state index in [9.17, 15) is 4.79 Å². The number of amides is 1. The van der Waals surface area contributed by atoms with Gasteiger partial charge in [-0.3, -0.25) is 4.79 Å². The van der Waals surface area contributed by atoms with E-state index in [4.69, 9.17) is 21.4 Å². The molecule has 0 fully saturated rings. The number of rotatable bonds is 6. The maximum Gasteiger partial charge on any atom is 0.250 e. The minimum atomic E-state index is -0.114. The topological polar surface area (TPSA) is 58.6 Å². The van der Waals surface area contributed by atoms with Crippen molar-refractivity contribution >= 4 is 23.6 Å². The number of hydrogen-bond donors (Lipinski definition) is 2. The average Bonchev–Trinajstić information content (AvgIpc) is 2.50. The smallest absolute Gasteiger partial charge is 0.250 e. The molecule has 0 aliphatic carbocycles. The molecule has 1 atom stereocenters. The van der Waals surface area contributed by atoms with Crippen molar-refractivity contribution in [3.63, 3.8) is 0 Å². The Morgan fingerprint density at radius 2 is 2.33 bits per heavy atom. The van der Waals surface area contributed by atoms with E-state index in [2.05, 4.69) is 5.32 Å². The predicted molar refractivity (Wildman–Crippen MR) is 83.4 cm³/mol. The summed E-state index contributed by atoms with van der Waals surface area (Å²) in [5, 5.41) is 12.4. The number of carbonyl (C=O) groups is 1. The van der Waals surface area contributed by atoms with Gasteiger partial charge in [-0.25, -0.2) is 0 Å². The van der Waals surface area contributed by atoms with Crippen molar-refractivity contribution in [1.29, 1.82) is 0 Å². The molecule has 0 aromatic heterocycles. The minimum absolute atomic E-state index is 0.114. The summed E-state index contributed by atoms with van der Waals surface area (Å²) >= 11 is 5.94. The zero-order valence-electron chi connectivity index (χ0n) is 12.1. The van der Waals surface area contributed by atoms with Crippen molar-refractivity contribution in [3.05, 3.63) is 34.4 Å². The van der Waals surface area contributed by atoms with E-state index >= 15 is 0 Å². The number of carbonyl (C=O) groups excluding carboxylic acids is 1. The molecule has 0 saturated carbocycles. The van der Waals surface area contributed by atoms with E-state index < -0.39 is 0 Å². The Hall–Kier alpha value is -1.52. The number of benzene rings is 1. The van der Waals surface area contributed by atoms with Crippen LogP contribution in [-0.4, -0.2) is 30.8 Å². The SMILES string of the molecule is CC(CO)CCCNC(=O)C1=Cc2cc(Cl)ccc2OC1. The van der Waals surface area contributed by atoms with Gasteiger partial charge in [0, 0.05) is 23.7 Å². The molecule has 5 heteroatoms. The van der Waals surface area contributed by atoms with Crippen LogP contribution in [0.5, 0.6) is 5.75 Å². The largest absolute Gasteiger partial charge is 0.488 e. The Kier molecular flexibility index (Phi) is 5.65. The van der Waals surface area contributed by atoms with E-state index in [-0.39, 0.29) is 25.0 Å². The molecule has 0 bridgehead atoms. The molecule has 1 aliphatic rings. The Bertz CT molecular complexity index is 542. The van der Waals surface area contributed by atoms with Crippen LogP contribution in [0.15, 0.2) is 23.8 Å². The van der Waals surface area contributed by atoms with Crippen LogP contribution in [0.1, 0.15) is 25.3 Å². The number of halogens is 1. The third-order valence-corrected chi connectivity index (χ3v) is 3.68. The summed E-state index contributed by atoms with van der Waals surface area (Å²) in [6, 6.07) is 5.35. The van der Waals surface area contributed by atoms with Crippen LogP contribution < -0.4 is 10.1 Å². The van der Waals surface area contributed by atoms with Crippen LogP contribution in [0.4, 0.5) is 0 Å². The highest BCUT2D eigenvalue weighted by Gasteiger charge is 2.17. The average molecular weight is 310 g/mol. The summed E-state index contributed by atoms with van der Waals surface area (Å²) in [5.41, 5.74) is 1.42. The highest BCUT2D eigenvalue weighted by molar-refractivity contribution is 6.30. The van der Waals surface area contributed by atoms with Gasteiger partial charge < -0.3 is 15.2 Å².